The van der Waals surface area contributed by atoms with Crippen LogP contribution in [0.1, 0.15) is 0 Å². The van der Waals surface area contributed by atoms with E-state index < -0.39 is 0 Å². The fraction of sp³-hybridized carbons (Fsp3) is 0.455. The fourth-order valence-electron chi connectivity index (χ4n) is 1.77. The molecule has 0 amide bonds. The Balaban J connectivity index is 0.00000112. The molecule has 84 valence electrons. The Morgan fingerprint density at radius 2 is 2.20 bits per heavy atom. The van der Waals surface area contributed by atoms with Crippen molar-refractivity contribution in [2.75, 3.05) is 32.2 Å². The molecule has 0 aliphatic carbocycles. The third-order valence-corrected chi connectivity index (χ3v) is 2.40. The Hall–Kier alpha value is -0.870. The van der Waals surface area contributed by atoms with E-state index in [4.69, 9.17) is 9.47 Å². The number of rotatable bonds is 2. The highest BCUT2D eigenvalue weighted by molar-refractivity contribution is 7.59. The third-order valence-electron chi connectivity index (χ3n) is 2.40. The summed E-state index contributed by atoms with van der Waals surface area (Å²) in [4.78, 5) is 2.20. The van der Waals surface area contributed by atoms with Crippen molar-refractivity contribution in [3.05, 3.63) is 24.3 Å². The number of likely N-dealkylation sites (N-methyl/N-ethyl adjacent to an activating group) is 1. The minimum Gasteiger partial charge on any atom is -0.484 e. The van der Waals surface area contributed by atoms with Crippen LogP contribution in [-0.2, 0) is 4.74 Å². The molecule has 1 aromatic carbocycles. The summed E-state index contributed by atoms with van der Waals surface area (Å²) in [5, 5.41) is 0. The summed E-state index contributed by atoms with van der Waals surface area (Å²) in [5.41, 5.74) is 1.15. The number of ether oxygens (including phenoxy) is 2. The Kier molecular flexibility index (Phi) is 4.29. The second-order valence-corrected chi connectivity index (χ2v) is 3.54. The summed E-state index contributed by atoms with van der Waals surface area (Å²) in [7, 11) is 3.77. The average molecular weight is 227 g/mol. The first-order chi connectivity index (χ1) is 6.81. The lowest BCUT2D eigenvalue weighted by molar-refractivity contribution is 0.0801. The van der Waals surface area contributed by atoms with Crippen LogP contribution in [0.4, 0.5) is 5.69 Å². The lowest BCUT2D eigenvalue weighted by Crippen LogP contribution is -2.40. The van der Waals surface area contributed by atoms with E-state index in [1.807, 2.05) is 18.2 Å². The van der Waals surface area contributed by atoms with Gasteiger partial charge in [-0.3, -0.25) is 0 Å². The lowest BCUT2D eigenvalue weighted by atomic mass is 10.2. The lowest BCUT2D eigenvalue weighted by Gasteiger charge is -2.33. The zero-order valence-corrected chi connectivity index (χ0v) is 10.1. The molecule has 15 heavy (non-hydrogen) atoms. The molecule has 0 saturated carbocycles. The van der Waals surface area contributed by atoms with E-state index in [1.165, 1.54) is 0 Å². The van der Waals surface area contributed by atoms with Gasteiger partial charge in [-0.25, -0.2) is 0 Å². The van der Waals surface area contributed by atoms with E-state index in [-0.39, 0.29) is 19.6 Å². The molecule has 2 rings (SSSR count). The van der Waals surface area contributed by atoms with Crippen molar-refractivity contribution in [2.45, 2.75) is 6.10 Å². The maximum atomic E-state index is 5.78. The molecule has 0 aromatic heterocycles. The number of hydrogen-bond acceptors (Lipinski definition) is 3. The first-order valence-corrected chi connectivity index (χ1v) is 4.77. The second kappa shape index (κ2) is 5.28. The number of benzene rings is 1. The van der Waals surface area contributed by atoms with E-state index >= 15 is 0 Å². The van der Waals surface area contributed by atoms with Crippen molar-refractivity contribution < 1.29 is 9.47 Å². The monoisotopic (exact) mass is 227 g/mol. The predicted octanol–water partition coefficient (Wildman–Crippen LogP) is 1.64. The van der Waals surface area contributed by atoms with Crippen LogP contribution in [-0.4, -0.2) is 33.4 Å². The van der Waals surface area contributed by atoms with Gasteiger partial charge in [0.25, 0.3) is 0 Å². The van der Waals surface area contributed by atoms with Crippen LogP contribution in [0.3, 0.4) is 0 Å². The van der Waals surface area contributed by atoms with Crippen LogP contribution in [0.5, 0.6) is 5.75 Å². The first kappa shape index (κ1) is 12.2. The number of hydrogen-bond donors (Lipinski definition) is 0. The summed E-state index contributed by atoms with van der Waals surface area (Å²) in [6.07, 6.45) is 0.139. The molecule has 3 nitrogen and oxygen atoms in total. The van der Waals surface area contributed by atoms with Gasteiger partial charge in [0.2, 0.25) is 0 Å². The molecule has 0 radical (unpaired) electrons. The summed E-state index contributed by atoms with van der Waals surface area (Å²) < 4.78 is 10.9. The summed E-state index contributed by atoms with van der Waals surface area (Å²) in [6.45, 7) is 1.52. The smallest absolute Gasteiger partial charge is 0.143 e. The molecular weight excluding hydrogens is 210 g/mol. The van der Waals surface area contributed by atoms with Crippen molar-refractivity contribution in [2.24, 2.45) is 0 Å². The predicted molar refractivity (Wildman–Crippen MR) is 66.4 cm³/mol. The molecule has 0 unspecified atom stereocenters. The number of para-hydroxylation sites is 2. The van der Waals surface area contributed by atoms with E-state index in [1.54, 1.807) is 7.11 Å². The highest BCUT2D eigenvalue weighted by Gasteiger charge is 2.22. The molecule has 0 bridgehead atoms. The first-order valence-electron chi connectivity index (χ1n) is 4.77. The Morgan fingerprint density at radius 1 is 1.47 bits per heavy atom. The van der Waals surface area contributed by atoms with E-state index in [2.05, 4.69) is 18.0 Å². The molecule has 1 aliphatic rings. The number of nitrogens with zero attached hydrogens (tertiary/aromatic N) is 1. The molecule has 0 N–H and O–H groups in total. The van der Waals surface area contributed by atoms with E-state index in [0.29, 0.717) is 6.61 Å². The molecule has 1 heterocycles. The quantitative estimate of drug-likeness (QED) is 0.766. The third kappa shape index (κ3) is 2.58. The maximum Gasteiger partial charge on any atom is 0.143 e. The highest BCUT2D eigenvalue weighted by atomic mass is 32.1. The highest BCUT2D eigenvalue weighted by Crippen LogP contribution is 2.31. The standard InChI is InChI=1S/C11H15NO2.H2S/c1-12-7-9(8-13-2)14-11-6-4-3-5-10(11)12;/h3-6,9H,7-8H2,1-2H3;1H2/t9-;/m0./s1. The van der Waals surface area contributed by atoms with Gasteiger partial charge in [-0.1, -0.05) is 12.1 Å². The molecule has 1 aliphatic heterocycles. The SMILES string of the molecule is COC[C@@H]1CN(C)c2ccccc2O1.S. The van der Waals surface area contributed by atoms with Gasteiger partial charge < -0.3 is 14.4 Å². The minimum atomic E-state index is 0. The van der Waals surface area contributed by atoms with Crippen molar-refractivity contribution in [1.29, 1.82) is 0 Å². The normalized spacial score (nSPS) is 18.8. The van der Waals surface area contributed by atoms with Crippen LogP contribution < -0.4 is 9.64 Å². The van der Waals surface area contributed by atoms with E-state index in [9.17, 15) is 0 Å². The zero-order chi connectivity index (χ0) is 9.97. The molecule has 0 fully saturated rings. The Bertz CT molecular complexity index is 319. The van der Waals surface area contributed by atoms with Crippen LogP contribution in [0.15, 0.2) is 24.3 Å². The molecule has 1 atom stereocenters. The summed E-state index contributed by atoms with van der Waals surface area (Å²) in [6, 6.07) is 8.07. The maximum absolute atomic E-state index is 5.78. The largest absolute Gasteiger partial charge is 0.484 e. The van der Waals surface area contributed by atoms with Gasteiger partial charge in [0.15, 0.2) is 0 Å². The van der Waals surface area contributed by atoms with Gasteiger partial charge in [-0.15, -0.1) is 0 Å². The Morgan fingerprint density at radius 3 is 2.93 bits per heavy atom. The number of fused-ring (bicyclic) bond motifs is 1. The van der Waals surface area contributed by atoms with Crippen molar-refractivity contribution in [3.63, 3.8) is 0 Å². The fourth-order valence-corrected chi connectivity index (χ4v) is 1.77. The van der Waals surface area contributed by atoms with Gasteiger partial charge >= 0.3 is 0 Å². The second-order valence-electron chi connectivity index (χ2n) is 3.54. The number of anilines is 1. The van der Waals surface area contributed by atoms with Crippen molar-refractivity contribution >= 4 is 19.2 Å². The summed E-state index contributed by atoms with van der Waals surface area (Å²) in [5.74, 6) is 0.948. The van der Waals surface area contributed by atoms with Gasteiger partial charge in [0, 0.05) is 14.2 Å². The molecular formula is C11H17NO2S. The van der Waals surface area contributed by atoms with Gasteiger partial charge in [0.1, 0.15) is 11.9 Å². The van der Waals surface area contributed by atoms with E-state index in [0.717, 1.165) is 18.0 Å². The molecule has 0 spiro atoms. The van der Waals surface area contributed by atoms with Crippen LogP contribution in [0, 0.1) is 0 Å². The van der Waals surface area contributed by atoms with Crippen LogP contribution in [0.2, 0.25) is 0 Å². The summed E-state index contributed by atoms with van der Waals surface area (Å²) >= 11 is 0. The number of methoxy groups -OCH3 is 1. The average Bonchev–Trinajstić information content (AvgIpc) is 2.18. The van der Waals surface area contributed by atoms with Crippen LogP contribution >= 0.6 is 13.5 Å². The van der Waals surface area contributed by atoms with Gasteiger partial charge in [0.05, 0.1) is 18.8 Å². The Labute approximate surface area is 97.4 Å². The molecule has 4 heteroatoms. The van der Waals surface area contributed by atoms with Crippen molar-refractivity contribution in [1.82, 2.24) is 0 Å². The minimum absolute atomic E-state index is 0. The molecule has 0 saturated heterocycles. The van der Waals surface area contributed by atoms with Gasteiger partial charge in [-0.05, 0) is 12.1 Å². The van der Waals surface area contributed by atoms with Crippen molar-refractivity contribution in [3.8, 4) is 5.75 Å². The van der Waals surface area contributed by atoms with Gasteiger partial charge in [-0.2, -0.15) is 13.5 Å². The zero-order valence-electron chi connectivity index (χ0n) is 9.06. The topological polar surface area (TPSA) is 21.7 Å². The molecule has 1 aromatic rings. The van der Waals surface area contributed by atoms with Crippen LogP contribution in [0.25, 0.3) is 0 Å².